The first-order chi connectivity index (χ1) is 17.5. The highest BCUT2D eigenvalue weighted by Crippen LogP contribution is 2.52. The standard InChI is InChI=1S/C29H38N4O3/c1-28(36-27(35)29(13-7-2-3-8-14-29)23-9-5-4-6-10-23)17-22-11-15-33(16-12-25(22)28)20-26(34)32-24-18-30-21-31-19-24/h4-6,9-10,18-19,21-22,25H,2-3,7-8,11-17,20H2,1H3,(H,32,34)/t22?,25?,28-/m0/s1. The molecule has 2 heterocycles. The van der Waals surface area contributed by atoms with Crippen molar-refractivity contribution < 1.29 is 14.3 Å². The van der Waals surface area contributed by atoms with Crippen LogP contribution >= 0.6 is 0 Å². The Morgan fingerprint density at radius 2 is 1.72 bits per heavy atom. The number of anilines is 1. The van der Waals surface area contributed by atoms with Crippen LogP contribution in [0.2, 0.25) is 0 Å². The molecule has 0 bridgehead atoms. The zero-order chi connectivity index (χ0) is 25.0. The molecule has 5 rings (SSSR count). The molecule has 0 spiro atoms. The summed E-state index contributed by atoms with van der Waals surface area (Å²) in [5, 5.41) is 2.88. The fourth-order valence-corrected chi connectivity index (χ4v) is 6.83. The van der Waals surface area contributed by atoms with Crippen LogP contribution in [0.25, 0.3) is 0 Å². The largest absolute Gasteiger partial charge is 0.458 e. The number of amides is 1. The average molecular weight is 491 g/mol. The Bertz CT molecular complexity index is 1040. The summed E-state index contributed by atoms with van der Waals surface area (Å²) in [7, 11) is 0. The molecule has 7 heteroatoms. The van der Waals surface area contributed by atoms with Gasteiger partial charge in [0.15, 0.2) is 0 Å². The van der Waals surface area contributed by atoms with Crippen molar-refractivity contribution in [3.8, 4) is 0 Å². The first kappa shape index (κ1) is 24.9. The third kappa shape index (κ3) is 5.17. The van der Waals surface area contributed by atoms with Gasteiger partial charge in [0.2, 0.25) is 5.91 Å². The number of ether oxygens (including phenoxy) is 1. The molecule has 2 aliphatic carbocycles. The Kier molecular flexibility index (Phi) is 7.37. The van der Waals surface area contributed by atoms with E-state index in [2.05, 4.69) is 39.2 Å². The van der Waals surface area contributed by atoms with Gasteiger partial charge < -0.3 is 10.1 Å². The molecule has 192 valence electrons. The number of esters is 1. The van der Waals surface area contributed by atoms with Crippen LogP contribution in [-0.4, -0.2) is 52.0 Å². The molecule has 3 atom stereocenters. The van der Waals surface area contributed by atoms with Crippen LogP contribution in [0.3, 0.4) is 0 Å². The average Bonchev–Trinajstić information content (AvgIpc) is 3.23. The van der Waals surface area contributed by atoms with E-state index >= 15 is 0 Å². The van der Waals surface area contributed by atoms with Crippen LogP contribution in [-0.2, 0) is 19.7 Å². The van der Waals surface area contributed by atoms with Gasteiger partial charge in [-0.25, -0.2) is 9.97 Å². The molecule has 3 aliphatic rings. The van der Waals surface area contributed by atoms with Crippen LogP contribution in [0.15, 0.2) is 49.1 Å². The maximum Gasteiger partial charge on any atom is 0.317 e. The second-order valence-corrected chi connectivity index (χ2v) is 11.2. The van der Waals surface area contributed by atoms with E-state index in [9.17, 15) is 9.59 Å². The van der Waals surface area contributed by atoms with Gasteiger partial charge in [-0.2, -0.15) is 0 Å². The van der Waals surface area contributed by atoms with Crippen molar-refractivity contribution in [3.05, 3.63) is 54.6 Å². The Morgan fingerprint density at radius 3 is 2.44 bits per heavy atom. The molecule has 36 heavy (non-hydrogen) atoms. The topological polar surface area (TPSA) is 84.4 Å². The SMILES string of the molecule is C[C@]1(OC(=O)C2(c3ccccc3)CCCCCC2)CC2CCN(CC(=O)Nc3cncnc3)CCC21. The van der Waals surface area contributed by atoms with Gasteiger partial charge in [0.05, 0.1) is 30.0 Å². The number of nitrogens with one attached hydrogen (secondary N) is 1. The number of rotatable bonds is 6. The summed E-state index contributed by atoms with van der Waals surface area (Å²) in [6.07, 6.45) is 13.8. The molecule has 3 fully saturated rings. The monoisotopic (exact) mass is 490 g/mol. The number of carbonyl (C=O) groups is 2. The van der Waals surface area contributed by atoms with Crippen LogP contribution in [0.1, 0.15) is 70.3 Å². The fourth-order valence-electron chi connectivity index (χ4n) is 6.83. The van der Waals surface area contributed by atoms with Crippen molar-refractivity contribution in [3.63, 3.8) is 0 Å². The summed E-state index contributed by atoms with van der Waals surface area (Å²) < 4.78 is 6.50. The molecule has 1 aromatic carbocycles. The van der Waals surface area contributed by atoms with Crippen molar-refractivity contribution in [2.24, 2.45) is 11.8 Å². The summed E-state index contributed by atoms with van der Waals surface area (Å²) in [4.78, 5) is 36.6. The number of fused-ring (bicyclic) bond motifs is 1. The lowest BCUT2D eigenvalue weighted by atomic mass is 9.59. The van der Waals surface area contributed by atoms with E-state index in [4.69, 9.17) is 4.74 Å². The van der Waals surface area contributed by atoms with Gasteiger partial charge in [0.1, 0.15) is 11.9 Å². The Labute approximate surface area is 214 Å². The van der Waals surface area contributed by atoms with E-state index in [0.29, 0.717) is 24.1 Å². The van der Waals surface area contributed by atoms with Gasteiger partial charge in [-0.1, -0.05) is 56.0 Å². The van der Waals surface area contributed by atoms with E-state index < -0.39 is 11.0 Å². The number of aromatic nitrogens is 2. The molecule has 1 aliphatic heterocycles. The summed E-state index contributed by atoms with van der Waals surface area (Å²) >= 11 is 0. The van der Waals surface area contributed by atoms with Crippen molar-refractivity contribution in [2.75, 3.05) is 25.0 Å². The van der Waals surface area contributed by atoms with E-state index in [1.165, 1.54) is 19.2 Å². The summed E-state index contributed by atoms with van der Waals surface area (Å²) in [5.74, 6) is 0.810. The quantitative estimate of drug-likeness (QED) is 0.465. The number of carbonyl (C=O) groups excluding carboxylic acids is 2. The molecular formula is C29H38N4O3. The summed E-state index contributed by atoms with van der Waals surface area (Å²) in [6.45, 7) is 4.20. The zero-order valence-electron chi connectivity index (χ0n) is 21.3. The Hall–Kier alpha value is -2.80. The van der Waals surface area contributed by atoms with Crippen molar-refractivity contribution >= 4 is 17.6 Å². The van der Waals surface area contributed by atoms with E-state index in [1.54, 1.807) is 12.4 Å². The lowest BCUT2D eigenvalue weighted by molar-refractivity contribution is -0.198. The minimum Gasteiger partial charge on any atom is -0.458 e. The normalized spacial score (nSPS) is 28.0. The van der Waals surface area contributed by atoms with Gasteiger partial charge in [0, 0.05) is 5.92 Å². The molecule has 1 saturated heterocycles. The minimum atomic E-state index is -0.526. The van der Waals surface area contributed by atoms with E-state index in [0.717, 1.165) is 63.6 Å². The zero-order valence-corrected chi connectivity index (χ0v) is 21.3. The smallest absolute Gasteiger partial charge is 0.317 e. The van der Waals surface area contributed by atoms with Gasteiger partial charge in [-0.3, -0.25) is 14.5 Å². The van der Waals surface area contributed by atoms with Gasteiger partial charge in [-0.05, 0) is 63.6 Å². The molecule has 2 unspecified atom stereocenters. The van der Waals surface area contributed by atoms with Gasteiger partial charge >= 0.3 is 5.97 Å². The molecule has 1 aromatic heterocycles. The second kappa shape index (κ2) is 10.7. The third-order valence-electron chi connectivity index (χ3n) is 8.80. The highest BCUT2D eigenvalue weighted by molar-refractivity contribution is 5.91. The first-order valence-electron chi connectivity index (χ1n) is 13.5. The molecule has 1 N–H and O–H groups in total. The van der Waals surface area contributed by atoms with Crippen LogP contribution in [0.4, 0.5) is 5.69 Å². The summed E-state index contributed by atoms with van der Waals surface area (Å²) in [6, 6.07) is 10.3. The number of nitrogens with zero attached hydrogens (tertiary/aromatic N) is 3. The fraction of sp³-hybridized carbons (Fsp3) is 0.586. The first-order valence-corrected chi connectivity index (χ1v) is 13.5. The lowest BCUT2D eigenvalue weighted by Crippen LogP contribution is -2.56. The van der Waals surface area contributed by atoms with Crippen molar-refractivity contribution in [1.82, 2.24) is 14.9 Å². The van der Waals surface area contributed by atoms with Crippen molar-refractivity contribution in [2.45, 2.75) is 75.7 Å². The van der Waals surface area contributed by atoms with Crippen molar-refractivity contribution in [1.29, 1.82) is 0 Å². The van der Waals surface area contributed by atoms with Crippen LogP contribution in [0.5, 0.6) is 0 Å². The lowest BCUT2D eigenvalue weighted by Gasteiger charge is -2.53. The predicted molar refractivity (Wildman–Crippen MR) is 138 cm³/mol. The molecular weight excluding hydrogens is 452 g/mol. The highest BCUT2D eigenvalue weighted by Gasteiger charge is 2.55. The number of hydrogen-bond acceptors (Lipinski definition) is 6. The molecule has 0 radical (unpaired) electrons. The minimum absolute atomic E-state index is 0.0258. The molecule has 7 nitrogen and oxygen atoms in total. The molecule has 2 aromatic rings. The number of benzene rings is 1. The number of likely N-dealkylation sites (tertiary alicyclic amines) is 1. The van der Waals surface area contributed by atoms with E-state index in [-0.39, 0.29) is 11.9 Å². The van der Waals surface area contributed by atoms with Crippen LogP contribution < -0.4 is 5.32 Å². The maximum atomic E-state index is 13.9. The Balaban J connectivity index is 1.22. The Morgan fingerprint density at radius 1 is 1.03 bits per heavy atom. The molecule has 1 amide bonds. The van der Waals surface area contributed by atoms with E-state index in [1.807, 2.05) is 18.2 Å². The number of hydrogen-bond donors (Lipinski definition) is 1. The molecule has 2 saturated carbocycles. The maximum absolute atomic E-state index is 13.9. The van der Waals surface area contributed by atoms with Gasteiger partial charge in [-0.15, -0.1) is 0 Å². The van der Waals surface area contributed by atoms with Gasteiger partial charge in [0.25, 0.3) is 0 Å². The second-order valence-electron chi connectivity index (χ2n) is 11.2. The van der Waals surface area contributed by atoms with Crippen LogP contribution in [0, 0.1) is 11.8 Å². The third-order valence-corrected chi connectivity index (χ3v) is 8.80. The highest BCUT2D eigenvalue weighted by atomic mass is 16.6. The predicted octanol–water partition coefficient (Wildman–Crippen LogP) is 4.74. The summed E-state index contributed by atoms with van der Waals surface area (Å²) in [5.41, 5.74) is 0.776.